The fraction of sp³-hybridized carbons (Fsp3) is 0.500. The molecule has 0 aliphatic heterocycles. The number of benzene rings is 1. The highest BCUT2D eigenvalue weighted by Gasteiger charge is 2.12. The molecular formula is C14H20N2O2. The van der Waals surface area contributed by atoms with Crippen LogP contribution >= 0.6 is 0 Å². The summed E-state index contributed by atoms with van der Waals surface area (Å²) >= 11 is 0. The molecule has 4 nitrogen and oxygen atoms in total. The molecule has 0 aliphatic rings. The van der Waals surface area contributed by atoms with Crippen LogP contribution in [-0.2, 0) is 6.42 Å². The zero-order valence-electron chi connectivity index (χ0n) is 11.0. The molecule has 0 unspecified atom stereocenters. The Morgan fingerprint density at radius 1 is 1.33 bits per heavy atom. The van der Waals surface area contributed by atoms with E-state index in [4.69, 9.17) is 10.2 Å². The monoisotopic (exact) mass is 248 g/mol. The third-order valence-corrected chi connectivity index (χ3v) is 3.11. The zero-order valence-corrected chi connectivity index (χ0v) is 11.0. The van der Waals surface area contributed by atoms with Crippen molar-refractivity contribution in [2.24, 2.45) is 5.73 Å². The van der Waals surface area contributed by atoms with Gasteiger partial charge in [0.1, 0.15) is 0 Å². The maximum absolute atomic E-state index is 11.7. The van der Waals surface area contributed by atoms with Crippen LogP contribution in [0.3, 0.4) is 0 Å². The van der Waals surface area contributed by atoms with Crippen LogP contribution in [0.15, 0.2) is 27.4 Å². The van der Waals surface area contributed by atoms with E-state index in [1.165, 1.54) is 5.56 Å². The van der Waals surface area contributed by atoms with E-state index in [2.05, 4.69) is 6.07 Å². The minimum Gasteiger partial charge on any atom is -0.408 e. The smallest absolute Gasteiger partial charge is 0.408 e. The molecule has 1 aromatic heterocycles. The van der Waals surface area contributed by atoms with Crippen molar-refractivity contribution >= 4 is 11.1 Å². The molecule has 1 heterocycles. The third-order valence-electron chi connectivity index (χ3n) is 3.11. The molecule has 4 heteroatoms. The lowest BCUT2D eigenvalue weighted by molar-refractivity contribution is 0.478. The Bertz CT molecular complexity index is 581. The lowest BCUT2D eigenvalue weighted by Gasteiger charge is -2.06. The number of oxazole rings is 1. The van der Waals surface area contributed by atoms with Gasteiger partial charge in [0.25, 0.3) is 0 Å². The van der Waals surface area contributed by atoms with Gasteiger partial charge in [-0.2, -0.15) is 0 Å². The van der Waals surface area contributed by atoms with E-state index in [9.17, 15) is 4.79 Å². The van der Waals surface area contributed by atoms with Gasteiger partial charge in [0.05, 0.1) is 5.52 Å². The van der Waals surface area contributed by atoms with E-state index in [-0.39, 0.29) is 11.8 Å². The molecule has 0 bridgehead atoms. The van der Waals surface area contributed by atoms with E-state index < -0.39 is 0 Å². The first-order chi connectivity index (χ1) is 8.63. The number of hydrogen-bond donors (Lipinski definition) is 1. The number of rotatable bonds is 5. The van der Waals surface area contributed by atoms with Crippen LogP contribution < -0.4 is 11.5 Å². The van der Waals surface area contributed by atoms with Crippen molar-refractivity contribution in [1.82, 2.24) is 4.57 Å². The van der Waals surface area contributed by atoms with E-state index in [0.717, 1.165) is 31.3 Å². The zero-order chi connectivity index (χ0) is 13.1. The highest BCUT2D eigenvalue weighted by atomic mass is 16.4. The molecule has 0 radical (unpaired) electrons. The standard InChI is InChI=1S/C14H20N2O2/c1-10(2)16-12-9-11(5-3-4-8-15)6-7-13(12)18-14(16)17/h6-7,9-10H,3-5,8,15H2,1-2H3. The van der Waals surface area contributed by atoms with Crippen LogP contribution in [0.1, 0.15) is 38.3 Å². The number of unbranched alkanes of at least 4 members (excludes halogenated alkanes) is 1. The summed E-state index contributed by atoms with van der Waals surface area (Å²) in [6, 6.07) is 6.06. The molecule has 0 saturated heterocycles. The Balaban J connectivity index is 2.37. The van der Waals surface area contributed by atoms with E-state index in [1.54, 1.807) is 4.57 Å². The number of aryl methyl sites for hydroxylation is 1. The third kappa shape index (κ3) is 2.48. The van der Waals surface area contributed by atoms with Crippen LogP contribution in [0.5, 0.6) is 0 Å². The number of fused-ring (bicyclic) bond motifs is 1. The Hall–Kier alpha value is -1.55. The quantitative estimate of drug-likeness (QED) is 0.827. The normalized spacial score (nSPS) is 11.6. The number of nitrogens with zero attached hydrogens (tertiary/aromatic N) is 1. The molecule has 0 spiro atoms. The minimum atomic E-state index is -0.279. The molecular weight excluding hydrogens is 228 g/mol. The number of hydrogen-bond acceptors (Lipinski definition) is 3. The van der Waals surface area contributed by atoms with E-state index in [0.29, 0.717) is 5.58 Å². The Morgan fingerprint density at radius 3 is 2.78 bits per heavy atom. The predicted molar refractivity (Wildman–Crippen MR) is 72.9 cm³/mol. The summed E-state index contributed by atoms with van der Waals surface area (Å²) in [6.45, 7) is 4.69. The van der Waals surface area contributed by atoms with Gasteiger partial charge < -0.3 is 10.2 Å². The SMILES string of the molecule is CC(C)n1c(=O)oc2ccc(CCCCN)cc21. The molecule has 1 aromatic carbocycles. The number of aromatic nitrogens is 1. The van der Waals surface area contributed by atoms with Crippen LogP contribution in [0, 0.1) is 0 Å². The summed E-state index contributed by atoms with van der Waals surface area (Å²) in [7, 11) is 0. The van der Waals surface area contributed by atoms with Crippen molar-refractivity contribution in [3.63, 3.8) is 0 Å². The first-order valence-electron chi connectivity index (χ1n) is 6.47. The van der Waals surface area contributed by atoms with Gasteiger partial charge in [0, 0.05) is 6.04 Å². The Morgan fingerprint density at radius 2 is 2.11 bits per heavy atom. The van der Waals surface area contributed by atoms with E-state index >= 15 is 0 Å². The predicted octanol–water partition coefficient (Wildman–Crippen LogP) is 2.46. The fourth-order valence-corrected chi connectivity index (χ4v) is 2.20. The summed E-state index contributed by atoms with van der Waals surface area (Å²) in [5.74, 6) is -0.279. The molecule has 0 atom stereocenters. The lowest BCUT2D eigenvalue weighted by Crippen LogP contribution is -2.15. The van der Waals surface area contributed by atoms with Gasteiger partial charge in [-0.1, -0.05) is 6.07 Å². The summed E-state index contributed by atoms with van der Waals surface area (Å²) in [5, 5.41) is 0. The maximum Gasteiger partial charge on any atom is 0.420 e. The largest absolute Gasteiger partial charge is 0.420 e. The molecule has 0 saturated carbocycles. The minimum absolute atomic E-state index is 0.109. The maximum atomic E-state index is 11.7. The van der Waals surface area contributed by atoms with Gasteiger partial charge >= 0.3 is 5.76 Å². The van der Waals surface area contributed by atoms with Crippen LogP contribution in [0.2, 0.25) is 0 Å². The Kier molecular flexibility index (Phi) is 3.87. The van der Waals surface area contributed by atoms with Crippen molar-refractivity contribution in [2.75, 3.05) is 6.54 Å². The molecule has 2 rings (SSSR count). The fourth-order valence-electron chi connectivity index (χ4n) is 2.20. The number of nitrogens with two attached hydrogens (primary N) is 1. The van der Waals surface area contributed by atoms with Gasteiger partial charge in [0.15, 0.2) is 5.58 Å². The summed E-state index contributed by atoms with van der Waals surface area (Å²) in [4.78, 5) is 11.7. The second-order valence-corrected chi connectivity index (χ2v) is 4.88. The molecule has 2 aromatic rings. The van der Waals surface area contributed by atoms with E-state index in [1.807, 2.05) is 26.0 Å². The highest BCUT2D eigenvalue weighted by molar-refractivity contribution is 5.74. The van der Waals surface area contributed by atoms with Crippen LogP contribution in [-0.4, -0.2) is 11.1 Å². The average molecular weight is 248 g/mol. The first-order valence-corrected chi connectivity index (χ1v) is 6.47. The summed E-state index contributed by atoms with van der Waals surface area (Å²) in [6.07, 6.45) is 3.09. The molecule has 18 heavy (non-hydrogen) atoms. The van der Waals surface area contributed by atoms with Crippen LogP contribution in [0.25, 0.3) is 11.1 Å². The molecule has 2 N–H and O–H groups in total. The van der Waals surface area contributed by atoms with Gasteiger partial charge in [-0.25, -0.2) is 4.79 Å². The van der Waals surface area contributed by atoms with Crippen molar-refractivity contribution in [3.8, 4) is 0 Å². The second-order valence-electron chi connectivity index (χ2n) is 4.88. The molecule has 0 aliphatic carbocycles. The van der Waals surface area contributed by atoms with Crippen molar-refractivity contribution < 1.29 is 4.42 Å². The second kappa shape index (κ2) is 5.40. The van der Waals surface area contributed by atoms with Crippen LogP contribution in [0.4, 0.5) is 0 Å². The van der Waals surface area contributed by atoms with Gasteiger partial charge in [0.2, 0.25) is 0 Å². The van der Waals surface area contributed by atoms with Gasteiger partial charge in [-0.15, -0.1) is 0 Å². The summed E-state index contributed by atoms with van der Waals surface area (Å²) in [5.41, 5.74) is 8.27. The average Bonchev–Trinajstić information content (AvgIpc) is 2.64. The Labute approximate surface area is 106 Å². The lowest BCUT2D eigenvalue weighted by atomic mass is 10.1. The highest BCUT2D eigenvalue weighted by Crippen LogP contribution is 2.19. The molecule has 0 fully saturated rings. The van der Waals surface area contributed by atoms with Crippen molar-refractivity contribution in [1.29, 1.82) is 0 Å². The first kappa shape index (κ1) is 12.9. The van der Waals surface area contributed by atoms with Crippen molar-refractivity contribution in [2.45, 2.75) is 39.2 Å². The molecule has 0 amide bonds. The van der Waals surface area contributed by atoms with Gasteiger partial charge in [-0.05, 0) is 57.4 Å². The topological polar surface area (TPSA) is 61.2 Å². The summed E-state index contributed by atoms with van der Waals surface area (Å²) < 4.78 is 6.92. The molecule has 98 valence electrons. The van der Waals surface area contributed by atoms with Crippen molar-refractivity contribution in [3.05, 3.63) is 34.3 Å². The van der Waals surface area contributed by atoms with Gasteiger partial charge in [-0.3, -0.25) is 4.57 Å².